The molecule has 0 aliphatic heterocycles. The van der Waals surface area contributed by atoms with Gasteiger partial charge >= 0.3 is 0 Å². The Hall–Kier alpha value is -1.42. The third kappa shape index (κ3) is 3.29. The Labute approximate surface area is 115 Å². The van der Waals surface area contributed by atoms with Crippen LogP contribution in [0.4, 0.5) is 10.1 Å². The van der Waals surface area contributed by atoms with Gasteiger partial charge in [-0.2, -0.15) is 0 Å². The van der Waals surface area contributed by atoms with Crippen LogP contribution >= 0.6 is 15.9 Å². The van der Waals surface area contributed by atoms with Crippen molar-refractivity contribution in [1.82, 2.24) is 4.98 Å². The second-order valence-corrected chi connectivity index (χ2v) is 5.00. The monoisotopic (exact) mass is 308 g/mol. The van der Waals surface area contributed by atoms with Crippen LogP contribution in [0.15, 0.2) is 47.1 Å². The number of aromatic nitrogens is 1. The first-order chi connectivity index (χ1) is 8.66. The van der Waals surface area contributed by atoms with Gasteiger partial charge in [0, 0.05) is 36.4 Å². The molecule has 1 aromatic heterocycles. The SMILES string of the molecule is CN(CCc1ccccn1)c1cc(Br)ccc1F. The third-order valence-electron chi connectivity index (χ3n) is 2.75. The van der Waals surface area contributed by atoms with Crippen molar-refractivity contribution in [2.24, 2.45) is 0 Å². The van der Waals surface area contributed by atoms with Crippen LogP contribution in [0.25, 0.3) is 0 Å². The number of nitrogens with zero attached hydrogens (tertiary/aromatic N) is 2. The van der Waals surface area contributed by atoms with Crippen LogP contribution in [0.3, 0.4) is 0 Å². The molecule has 0 aliphatic rings. The highest BCUT2D eigenvalue weighted by Gasteiger charge is 2.08. The first-order valence-corrected chi connectivity index (χ1v) is 6.52. The predicted molar refractivity (Wildman–Crippen MR) is 75.3 cm³/mol. The summed E-state index contributed by atoms with van der Waals surface area (Å²) in [5.41, 5.74) is 1.61. The molecular formula is C14H14BrFN2. The summed E-state index contributed by atoms with van der Waals surface area (Å²) < 4.78 is 14.5. The van der Waals surface area contributed by atoms with Crippen LogP contribution in [-0.4, -0.2) is 18.6 Å². The zero-order valence-electron chi connectivity index (χ0n) is 10.1. The Morgan fingerprint density at radius 2 is 2.11 bits per heavy atom. The van der Waals surface area contributed by atoms with E-state index in [1.54, 1.807) is 18.3 Å². The number of hydrogen-bond acceptors (Lipinski definition) is 2. The minimum absolute atomic E-state index is 0.207. The summed E-state index contributed by atoms with van der Waals surface area (Å²) in [5.74, 6) is -0.207. The van der Waals surface area contributed by atoms with Gasteiger partial charge in [-0.1, -0.05) is 22.0 Å². The highest BCUT2D eigenvalue weighted by atomic mass is 79.9. The molecule has 0 amide bonds. The zero-order chi connectivity index (χ0) is 13.0. The summed E-state index contributed by atoms with van der Waals surface area (Å²) in [6.07, 6.45) is 2.57. The van der Waals surface area contributed by atoms with Crippen molar-refractivity contribution in [3.63, 3.8) is 0 Å². The maximum absolute atomic E-state index is 13.7. The largest absolute Gasteiger partial charge is 0.372 e. The lowest BCUT2D eigenvalue weighted by molar-refractivity contribution is 0.621. The molecule has 1 heterocycles. The second kappa shape index (κ2) is 5.96. The number of halogens is 2. The molecule has 0 N–H and O–H groups in total. The minimum atomic E-state index is -0.207. The average molecular weight is 309 g/mol. The molecule has 0 fully saturated rings. The number of benzene rings is 1. The van der Waals surface area contributed by atoms with E-state index in [1.165, 1.54) is 6.07 Å². The van der Waals surface area contributed by atoms with Gasteiger partial charge in [-0.05, 0) is 30.3 Å². The van der Waals surface area contributed by atoms with Gasteiger partial charge in [-0.3, -0.25) is 4.98 Å². The van der Waals surface area contributed by atoms with E-state index in [0.29, 0.717) is 5.69 Å². The van der Waals surface area contributed by atoms with E-state index >= 15 is 0 Å². The normalized spacial score (nSPS) is 10.4. The quantitative estimate of drug-likeness (QED) is 0.857. The second-order valence-electron chi connectivity index (χ2n) is 4.09. The molecule has 94 valence electrons. The first kappa shape index (κ1) is 13.0. The standard InChI is InChI=1S/C14H14BrFN2/c1-18(9-7-12-4-2-3-8-17-12)14-10-11(15)5-6-13(14)16/h2-6,8,10H,7,9H2,1H3. The van der Waals surface area contributed by atoms with Crippen molar-refractivity contribution in [3.05, 3.63) is 58.6 Å². The van der Waals surface area contributed by atoms with E-state index < -0.39 is 0 Å². The molecule has 0 radical (unpaired) electrons. The van der Waals surface area contributed by atoms with Crippen LogP contribution in [0, 0.1) is 5.82 Å². The van der Waals surface area contributed by atoms with E-state index in [-0.39, 0.29) is 5.82 Å². The van der Waals surface area contributed by atoms with Crippen molar-refractivity contribution in [2.45, 2.75) is 6.42 Å². The van der Waals surface area contributed by atoms with Crippen molar-refractivity contribution in [3.8, 4) is 0 Å². The topological polar surface area (TPSA) is 16.1 Å². The Morgan fingerprint density at radius 1 is 1.28 bits per heavy atom. The van der Waals surface area contributed by atoms with E-state index in [2.05, 4.69) is 20.9 Å². The molecule has 0 unspecified atom stereocenters. The molecule has 2 rings (SSSR count). The molecule has 0 saturated carbocycles. The Bertz CT molecular complexity index is 516. The smallest absolute Gasteiger partial charge is 0.146 e. The molecule has 4 heteroatoms. The lowest BCUT2D eigenvalue weighted by Crippen LogP contribution is -2.21. The Balaban J connectivity index is 2.03. The van der Waals surface area contributed by atoms with Crippen LogP contribution in [0.2, 0.25) is 0 Å². The van der Waals surface area contributed by atoms with Gasteiger partial charge in [-0.15, -0.1) is 0 Å². The van der Waals surface area contributed by atoms with E-state index in [9.17, 15) is 4.39 Å². The fourth-order valence-corrected chi connectivity index (χ4v) is 2.08. The Kier molecular flexibility index (Phi) is 4.31. The van der Waals surface area contributed by atoms with Gasteiger partial charge in [0.2, 0.25) is 0 Å². The number of likely N-dealkylation sites (N-methyl/N-ethyl adjacent to an activating group) is 1. The number of anilines is 1. The maximum atomic E-state index is 13.7. The first-order valence-electron chi connectivity index (χ1n) is 5.73. The summed E-state index contributed by atoms with van der Waals surface area (Å²) in [5, 5.41) is 0. The number of hydrogen-bond donors (Lipinski definition) is 0. The van der Waals surface area contributed by atoms with Crippen molar-refractivity contribution < 1.29 is 4.39 Å². The molecule has 0 bridgehead atoms. The highest BCUT2D eigenvalue weighted by Crippen LogP contribution is 2.23. The molecule has 0 saturated heterocycles. The lowest BCUT2D eigenvalue weighted by Gasteiger charge is -2.20. The molecule has 2 aromatic rings. The molecule has 0 atom stereocenters. The predicted octanol–water partition coefficient (Wildman–Crippen LogP) is 3.66. The van der Waals surface area contributed by atoms with Gasteiger partial charge < -0.3 is 4.90 Å². The van der Waals surface area contributed by atoms with Crippen LogP contribution in [-0.2, 0) is 6.42 Å². The fraction of sp³-hybridized carbons (Fsp3) is 0.214. The van der Waals surface area contributed by atoms with Gasteiger partial charge in [-0.25, -0.2) is 4.39 Å². The van der Waals surface area contributed by atoms with E-state index in [4.69, 9.17) is 0 Å². The van der Waals surface area contributed by atoms with Crippen LogP contribution in [0.5, 0.6) is 0 Å². The fourth-order valence-electron chi connectivity index (χ4n) is 1.73. The number of rotatable bonds is 4. The van der Waals surface area contributed by atoms with Crippen molar-refractivity contribution in [1.29, 1.82) is 0 Å². The Morgan fingerprint density at radius 3 is 2.83 bits per heavy atom. The molecular weight excluding hydrogens is 295 g/mol. The number of pyridine rings is 1. The van der Waals surface area contributed by atoms with Gasteiger partial charge in [0.1, 0.15) is 5.82 Å². The van der Waals surface area contributed by atoms with Crippen LogP contribution < -0.4 is 4.90 Å². The summed E-state index contributed by atoms with van der Waals surface area (Å²) in [7, 11) is 1.88. The summed E-state index contributed by atoms with van der Waals surface area (Å²) in [6, 6.07) is 10.8. The molecule has 0 aliphatic carbocycles. The molecule has 0 spiro atoms. The van der Waals surface area contributed by atoms with Crippen molar-refractivity contribution in [2.75, 3.05) is 18.5 Å². The van der Waals surface area contributed by atoms with Gasteiger partial charge in [0.25, 0.3) is 0 Å². The van der Waals surface area contributed by atoms with Gasteiger partial charge in [0.15, 0.2) is 0 Å². The molecule has 18 heavy (non-hydrogen) atoms. The summed E-state index contributed by atoms with van der Waals surface area (Å²) >= 11 is 3.35. The maximum Gasteiger partial charge on any atom is 0.146 e. The van der Waals surface area contributed by atoms with Crippen molar-refractivity contribution >= 4 is 21.6 Å². The lowest BCUT2D eigenvalue weighted by atomic mass is 10.2. The minimum Gasteiger partial charge on any atom is -0.372 e. The van der Waals surface area contributed by atoms with E-state index in [0.717, 1.165) is 23.1 Å². The zero-order valence-corrected chi connectivity index (χ0v) is 11.7. The molecule has 1 aromatic carbocycles. The summed E-state index contributed by atoms with van der Waals surface area (Å²) in [6.45, 7) is 0.727. The highest BCUT2D eigenvalue weighted by molar-refractivity contribution is 9.10. The summed E-state index contributed by atoms with van der Waals surface area (Å²) in [4.78, 5) is 6.15. The average Bonchev–Trinajstić information content (AvgIpc) is 2.40. The molecule has 2 nitrogen and oxygen atoms in total. The van der Waals surface area contributed by atoms with Gasteiger partial charge in [0.05, 0.1) is 5.69 Å². The third-order valence-corrected chi connectivity index (χ3v) is 3.24. The van der Waals surface area contributed by atoms with Crippen LogP contribution in [0.1, 0.15) is 5.69 Å². The van der Waals surface area contributed by atoms with E-state index in [1.807, 2.05) is 30.1 Å².